The number of phenols is 1. The summed E-state index contributed by atoms with van der Waals surface area (Å²) < 4.78 is 0. The molecule has 0 spiro atoms. The Bertz CT molecular complexity index is 1680. The number of aromatic hydroxyl groups is 1. The molecule has 57 heavy (non-hydrogen) atoms. The third kappa shape index (κ3) is 16.4. The van der Waals surface area contributed by atoms with Crippen molar-refractivity contribution in [2.24, 2.45) is 11.7 Å². The number of carbonyl (C=O) groups excluding carboxylic acids is 6. The summed E-state index contributed by atoms with van der Waals surface area (Å²) in [4.78, 5) is 91.7. The number of carbonyl (C=O) groups is 7. The van der Waals surface area contributed by atoms with Crippen molar-refractivity contribution in [3.05, 3.63) is 65.7 Å². The molecule has 2 aromatic carbocycles. The summed E-state index contributed by atoms with van der Waals surface area (Å²) in [5.74, 6) is -5.90. The number of likely N-dealkylation sites (N-methyl/N-ethyl adjacent to an activating group) is 1. The lowest BCUT2D eigenvalue weighted by molar-refractivity contribution is -0.139. The lowest BCUT2D eigenvalue weighted by atomic mass is 10.00. The quantitative estimate of drug-likeness (QED) is 0.120. The lowest BCUT2D eigenvalue weighted by Gasteiger charge is -2.32. The molecule has 1 aliphatic heterocycles. The first-order chi connectivity index (χ1) is 27.0. The summed E-state index contributed by atoms with van der Waals surface area (Å²) in [5.41, 5.74) is 6.57. The zero-order chi connectivity index (χ0) is 42.1. The van der Waals surface area contributed by atoms with E-state index in [4.69, 9.17) is 5.73 Å². The van der Waals surface area contributed by atoms with E-state index in [0.717, 1.165) is 22.2 Å². The van der Waals surface area contributed by atoms with E-state index >= 15 is 0 Å². The Labute approximate surface area is 335 Å². The van der Waals surface area contributed by atoms with Crippen LogP contribution in [0.3, 0.4) is 0 Å². The summed E-state index contributed by atoms with van der Waals surface area (Å²) in [7, 11) is 1.36. The number of hydrogen-bond acceptors (Lipinski definition) is 12. The highest BCUT2D eigenvalue weighted by Crippen LogP contribution is 2.14. The Morgan fingerprint density at radius 1 is 0.930 bits per heavy atom. The van der Waals surface area contributed by atoms with Crippen LogP contribution in [-0.4, -0.2) is 136 Å². The number of amides is 6. The number of primary amides is 1. The van der Waals surface area contributed by atoms with E-state index < -0.39 is 90.9 Å². The van der Waals surface area contributed by atoms with Gasteiger partial charge in [0, 0.05) is 38.2 Å². The van der Waals surface area contributed by atoms with Gasteiger partial charge in [0.2, 0.25) is 35.4 Å². The van der Waals surface area contributed by atoms with E-state index in [1.165, 1.54) is 31.3 Å². The minimum atomic E-state index is -1.31. The fourth-order valence-corrected chi connectivity index (χ4v) is 6.79. The molecule has 2 aromatic rings. The van der Waals surface area contributed by atoms with Crippen molar-refractivity contribution in [1.29, 1.82) is 0 Å². The topological polar surface area (TPSA) is 282 Å². The molecule has 3 rings (SSSR count). The highest BCUT2D eigenvalue weighted by Gasteiger charge is 2.32. The summed E-state index contributed by atoms with van der Waals surface area (Å²) >= 11 is 0.999. The van der Waals surface area contributed by atoms with E-state index in [-0.39, 0.29) is 55.4 Å². The van der Waals surface area contributed by atoms with E-state index in [0.29, 0.717) is 5.56 Å². The van der Waals surface area contributed by atoms with Crippen molar-refractivity contribution in [1.82, 2.24) is 36.8 Å². The summed E-state index contributed by atoms with van der Waals surface area (Å²) in [6, 6.07) is 10.0. The van der Waals surface area contributed by atoms with Gasteiger partial charge in [-0.25, -0.2) is 0 Å². The number of benzene rings is 2. The van der Waals surface area contributed by atoms with Gasteiger partial charge in [-0.1, -0.05) is 56.3 Å². The molecule has 11 N–H and O–H groups in total. The van der Waals surface area contributed by atoms with Crippen LogP contribution in [0.5, 0.6) is 5.75 Å². The first-order valence-electron chi connectivity index (χ1n) is 18.5. The van der Waals surface area contributed by atoms with Crippen molar-refractivity contribution in [3.63, 3.8) is 0 Å². The Morgan fingerprint density at radius 3 is 2.23 bits per heavy atom. The number of nitrogens with one attached hydrogen (secondary N) is 6. The maximum Gasteiger partial charge on any atom is 0.303 e. The average molecular weight is 815 g/mol. The largest absolute Gasteiger partial charge is 0.508 e. The van der Waals surface area contributed by atoms with Crippen molar-refractivity contribution >= 4 is 53.2 Å². The second-order valence-electron chi connectivity index (χ2n) is 14.2. The van der Waals surface area contributed by atoms with Gasteiger partial charge in [-0.15, -0.1) is 11.8 Å². The zero-order valence-electron chi connectivity index (χ0n) is 32.2. The molecule has 0 aromatic heterocycles. The number of phenolic OH excluding ortho intramolecular Hbond substituents is 1. The molecule has 1 saturated heterocycles. The first kappa shape index (κ1) is 46.1. The number of carboxylic acid groups (broad SMARTS) is 1. The number of carboxylic acids is 1. The van der Waals surface area contributed by atoms with Gasteiger partial charge in [0.25, 0.3) is 0 Å². The van der Waals surface area contributed by atoms with Crippen LogP contribution in [0.25, 0.3) is 0 Å². The molecule has 1 fully saturated rings. The highest BCUT2D eigenvalue weighted by molar-refractivity contribution is 8.00. The van der Waals surface area contributed by atoms with Crippen LogP contribution in [0.15, 0.2) is 54.6 Å². The number of nitrogens with two attached hydrogens (primary N) is 1. The molecule has 0 bridgehead atoms. The SMILES string of the molecule is CC(C)[C@H]1CN[C@@H](CCC(=O)O)C(=O)N(C)CC(=O)N[C@@H](Cc2ccc(O)cc2)C(=O)N[C@H](C(=O)NCC(N)=O)CSCC(=O)N[C@@H](Cc2ccccc2)C(O)N1. The molecule has 0 radical (unpaired) electrons. The molecule has 312 valence electrons. The van der Waals surface area contributed by atoms with Crippen molar-refractivity contribution in [3.8, 4) is 5.75 Å². The zero-order valence-corrected chi connectivity index (χ0v) is 33.1. The van der Waals surface area contributed by atoms with Crippen molar-refractivity contribution < 1.29 is 48.9 Å². The molecular weight excluding hydrogens is 761 g/mol. The minimum absolute atomic E-state index is 0.0333. The predicted molar refractivity (Wildman–Crippen MR) is 211 cm³/mol. The third-order valence-corrected chi connectivity index (χ3v) is 10.2. The van der Waals surface area contributed by atoms with E-state index in [9.17, 15) is 48.9 Å². The fourth-order valence-electron chi connectivity index (χ4n) is 5.93. The molecule has 6 atom stereocenters. The van der Waals surface area contributed by atoms with Crippen molar-refractivity contribution in [2.75, 3.05) is 38.2 Å². The van der Waals surface area contributed by atoms with Gasteiger partial charge in [-0.3, -0.25) is 38.9 Å². The van der Waals surface area contributed by atoms with Crippen LogP contribution >= 0.6 is 11.8 Å². The molecule has 18 nitrogen and oxygen atoms in total. The number of aliphatic carboxylic acids is 1. The normalized spacial score (nSPS) is 23.7. The van der Waals surface area contributed by atoms with Gasteiger partial charge in [-0.05, 0) is 42.0 Å². The molecule has 19 heteroatoms. The smallest absolute Gasteiger partial charge is 0.303 e. The maximum atomic E-state index is 13.8. The van der Waals surface area contributed by atoms with E-state index in [1.807, 2.05) is 44.2 Å². The Hall–Kier alpha value is -5.24. The van der Waals surface area contributed by atoms with E-state index in [1.54, 1.807) is 0 Å². The number of hydrogen-bond donors (Lipinski definition) is 10. The first-order valence-corrected chi connectivity index (χ1v) is 19.7. The summed E-state index contributed by atoms with van der Waals surface area (Å²) in [6.07, 6.45) is -1.65. The van der Waals surface area contributed by atoms with Crippen LogP contribution in [0.4, 0.5) is 0 Å². The van der Waals surface area contributed by atoms with Crippen LogP contribution in [0.2, 0.25) is 0 Å². The predicted octanol–water partition coefficient (Wildman–Crippen LogP) is -1.81. The van der Waals surface area contributed by atoms with Gasteiger partial charge in [0.05, 0.1) is 30.9 Å². The number of aliphatic hydroxyl groups excluding tert-OH is 1. The number of aliphatic hydroxyl groups is 1. The molecule has 6 amide bonds. The van der Waals surface area contributed by atoms with E-state index in [2.05, 4.69) is 31.9 Å². The Kier molecular flexibility index (Phi) is 18.7. The molecule has 1 heterocycles. The standard InChI is InChI=1S/C38H54N8O10S/c1-22(2)29-17-40-26(13-14-34(51)52)38(56)46(3)19-32(49)42-27(16-24-9-11-25(47)12-10-24)37(55)45-30(35(53)41-18-31(39)48)20-57-21-33(50)43-28(36(54)44-29)15-23-7-5-4-6-8-23/h4-12,22,26-30,36,40,44,47,54H,13-21H2,1-3H3,(H2,39,48)(H,41,53)(H,42,49)(H,43,50)(H,45,55)(H,51,52)/t26-,27-,28-,29+,30-,36?/m0/s1. The second kappa shape index (κ2) is 23.1. The number of thioether (sulfide) groups is 1. The second-order valence-corrected chi connectivity index (χ2v) is 15.2. The fraction of sp³-hybridized carbons (Fsp3) is 0.500. The van der Waals surface area contributed by atoms with Gasteiger partial charge in [0.15, 0.2) is 0 Å². The third-order valence-electron chi connectivity index (χ3n) is 9.12. The van der Waals surface area contributed by atoms with Crippen LogP contribution in [0.1, 0.15) is 37.8 Å². The minimum Gasteiger partial charge on any atom is -0.508 e. The monoisotopic (exact) mass is 814 g/mol. The van der Waals surface area contributed by atoms with Crippen LogP contribution < -0.4 is 37.6 Å². The maximum absolute atomic E-state index is 13.8. The highest BCUT2D eigenvalue weighted by atomic mass is 32.2. The van der Waals surface area contributed by atoms with Crippen LogP contribution in [-0.2, 0) is 46.4 Å². The molecule has 1 unspecified atom stereocenters. The molecule has 0 aliphatic carbocycles. The lowest BCUT2D eigenvalue weighted by Crippen LogP contribution is -2.58. The number of rotatable bonds is 11. The molecular formula is C38H54N8O10S. The number of nitrogens with zero attached hydrogens (tertiary/aromatic N) is 1. The Balaban J connectivity index is 2.00. The van der Waals surface area contributed by atoms with Gasteiger partial charge < -0.3 is 52.5 Å². The van der Waals surface area contributed by atoms with Gasteiger partial charge in [-0.2, -0.15) is 0 Å². The van der Waals surface area contributed by atoms with Gasteiger partial charge in [0.1, 0.15) is 24.1 Å². The summed E-state index contributed by atoms with van der Waals surface area (Å²) in [6.45, 7) is 2.82. The molecule has 1 aliphatic rings. The molecule has 0 saturated carbocycles. The average Bonchev–Trinajstić information content (AvgIpc) is 3.15. The van der Waals surface area contributed by atoms with Crippen LogP contribution in [0, 0.1) is 5.92 Å². The van der Waals surface area contributed by atoms with Crippen molar-refractivity contribution in [2.45, 2.75) is 76.0 Å². The Morgan fingerprint density at radius 2 is 1.60 bits per heavy atom. The summed E-state index contributed by atoms with van der Waals surface area (Å²) in [5, 5.41) is 47.4. The van der Waals surface area contributed by atoms with Gasteiger partial charge >= 0.3 is 5.97 Å².